The van der Waals surface area contributed by atoms with E-state index < -0.39 is 18.0 Å². The lowest BCUT2D eigenvalue weighted by Crippen LogP contribution is -2.30. The van der Waals surface area contributed by atoms with Gasteiger partial charge in [-0.15, -0.1) is 0 Å². The van der Waals surface area contributed by atoms with Crippen LogP contribution in [0.15, 0.2) is 170 Å². The summed E-state index contributed by atoms with van der Waals surface area (Å²) in [4.78, 5) is 37.7. The van der Waals surface area contributed by atoms with E-state index in [1.807, 2.05) is 66.8 Å². The molecule has 0 bridgehead atoms. The smallest absolute Gasteiger partial charge is 0.309 e. The third-order valence-electron chi connectivity index (χ3n) is 8.89. The normalized spacial score (nSPS) is 13.6. The molecule has 1 atom stereocenters. The Kier molecular flexibility index (Phi) is 45.3. The summed E-state index contributed by atoms with van der Waals surface area (Å²) < 4.78 is 16.5. The third-order valence-corrected chi connectivity index (χ3v) is 8.89. The number of hydrogen-bond acceptors (Lipinski definition) is 6. The summed E-state index contributed by atoms with van der Waals surface area (Å²) in [6, 6.07) is 0. The largest absolute Gasteiger partial charge is 0.462 e. The predicted octanol–water partition coefficient (Wildman–Crippen LogP) is 15.6. The van der Waals surface area contributed by atoms with E-state index in [0.717, 1.165) is 103 Å². The summed E-state index contributed by atoms with van der Waals surface area (Å²) in [7, 11) is 0. The Hall–Kier alpha value is -5.23. The maximum Gasteiger partial charge on any atom is 0.309 e. The maximum absolute atomic E-state index is 12.7. The topological polar surface area (TPSA) is 78.9 Å². The molecule has 63 heavy (non-hydrogen) atoms. The average molecular weight is 863 g/mol. The number of allylic oxidation sites excluding steroid dienone is 27. The van der Waals surface area contributed by atoms with Crippen molar-refractivity contribution in [3.8, 4) is 0 Å². The monoisotopic (exact) mass is 863 g/mol. The van der Waals surface area contributed by atoms with Crippen LogP contribution in [0.3, 0.4) is 0 Å². The van der Waals surface area contributed by atoms with Gasteiger partial charge in [-0.25, -0.2) is 0 Å². The lowest BCUT2D eigenvalue weighted by molar-refractivity contribution is -0.166. The average Bonchev–Trinajstić information content (AvgIpc) is 3.28. The van der Waals surface area contributed by atoms with Crippen LogP contribution in [-0.2, 0) is 28.6 Å². The second-order valence-corrected chi connectivity index (χ2v) is 14.7. The Morgan fingerprint density at radius 2 is 0.714 bits per heavy atom. The first-order valence-electron chi connectivity index (χ1n) is 23.7. The van der Waals surface area contributed by atoms with Crippen LogP contribution in [0.4, 0.5) is 0 Å². The van der Waals surface area contributed by atoms with Gasteiger partial charge >= 0.3 is 17.9 Å². The van der Waals surface area contributed by atoms with Crippen LogP contribution in [0.1, 0.15) is 149 Å². The fourth-order valence-corrected chi connectivity index (χ4v) is 5.44. The van der Waals surface area contributed by atoms with Gasteiger partial charge in [0, 0.05) is 12.8 Å². The summed E-state index contributed by atoms with van der Waals surface area (Å²) in [5.41, 5.74) is 0. The number of carbonyl (C=O) groups is 3. The summed E-state index contributed by atoms with van der Waals surface area (Å²) in [6.45, 7) is 6.05. The Labute approximate surface area is 383 Å². The van der Waals surface area contributed by atoms with Crippen molar-refractivity contribution in [1.29, 1.82) is 0 Å². The fourth-order valence-electron chi connectivity index (χ4n) is 5.44. The zero-order chi connectivity index (χ0) is 45.8. The molecule has 346 valence electrons. The highest BCUT2D eigenvalue weighted by atomic mass is 16.6. The first-order chi connectivity index (χ1) is 31.0. The van der Waals surface area contributed by atoms with Crippen LogP contribution in [0.5, 0.6) is 0 Å². The highest BCUT2D eigenvalue weighted by molar-refractivity contribution is 5.72. The van der Waals surface area contributed by atoms with E-state index in [4.69, 9.17) is 14.2 Å². The van der Waals surface area contributed by atoms with Gasteiger partial charge in [0.25, 0.3) is 0 Å². The minimum absolute atomic E-state index is 0.108. The van der Waals surface area contributed by atoms with E-state index in [1.54, 1.807) is 6.08 Å². The molecular weight excluding hydrogens is 781 g/mol. The van der Waals surface area contributed by atoms with Crippen LogP contribution in [0.2, 0.25) is 0 Å². The van der Waals surface area contributed by atoms with Gasteiger partial charge in [0.1, 0.15) is 13.2 Å². The molecule has 0 saturated carbocycles. The molecule has 0 N–H and O–H groups in total. The Balaban J connectivity index is 4.60. The molecule has 6 heteroatoms. The molecule has 0 aliphatic heterocycles. The highest BCUT2D eigenvalue weighted by Crippen LogP contribution is 2.10. The molecule has 0 rings (SSSR count). The number of hydrogen-bond donors (Lipinski definition) is 0. The summed E-state index contributed by atoms with van der Waals surface area (Å²) in [5, 5.41) is 0. The Morgan fingerprint density at radius 1 is 0.349 bits per heavy atom. The SMILES string of the molecule is CC\C=C/C=C\C=C/C=C\C=C\C=C/CCCCCC(=O)OC(COC(=O)C/C=C\C/C=C\C/C=C\CC)COC(=O)CCCCC/C=C\C/C=C\C/C=C\C/C=C\C/C=C\CC. The van der Waals surface area contributed by atoms with Gasteiger partial charge in [-0.2, -0.15) is 0 Å². The van der Waals surface area contributed by atoms with Crippen LogP contribution < -0.4 is 0 Å². The van der Waals surface area contributed by atoms with Crippen molar-refractivity contribution in [2.75, 3.05) is 13.2 Å². The predicted molar refractivity (Wildman–Crippen MR) is 269 cm³/mol. The molecule has 0 aromatic carbocycles. The van der Waals surface area contributed by atoms with Crippen LogP contribution in [0.25, 0.3) is 0 Å². The van der Waals surface area contributed by atoms with Gasteiger partial charge in [-0.1, -0.05) is 204 Å². The zero-order valence-corrected chi connectivity index (χ0v) is 39.2. The Bertz CT molecular complexity index is 1550. The van der Waals surface area contributed by atoms with Crippen LogP contribution in [0, 0.1) is 0 Å². The van der Waals surface area contributed by atoms with Crippen molar-refractivity contribution in [3.63, 3.8) is 0 Å². The molecule has 0 aliphatic carbocycles. The zero-order valence-electron chi connectivity index (χ0n) is 39.2. The molecule has 0 radical (unpaired) electrons. The third kappa shape index (κ3) is 47.7. The standard InChI is InChI=1S/C57H82O6/c1-4-7-10-13-16-19-21-23-25-27-28-30-31-33-35-38-41-44-47-50-56(59)62-53-54(52-61-55(58)49-46-43-40-37-18-15-12-9-6-3)63-57(60)51-48-45-42-39-36-34-32-29-26-24-22-20-17-14-11-8-5-2/h7-12,14,16-20,22-26,28-30,32-37,43,46,54H,4-6,13,15,21,27,31,38-42,44-45,47-53H2,1-3H3/b10-7-,11-8-,12-9-,17-14-,19-16-,22-20-,25-23-,26-24-,30-28-,32-29+,35-33-,36-34-,37-18-,46-43-. The second-order valence-electron chi connectivity index (χ2n) is 14.7. The first kappa shape index (κ1) is 57.8. The van der Waals surface area contributed by atoms with E-state index in [-0.39, 0.29) is 38.4 Å². The molecule has 0 saturated heterocycles. The Morgan fingerprint density at radius 3 is 1.19 bits per heavy atom. The molecule has 6 nitrogen and oxygen atoms in total. The van der Waals surface area contributed by atoms with E-state index in [1.165, 1.54) is 0 Å². The van der Waals surface area contributed by atoms with Gasteiger partial charge in [0.2, 0.25) is 0 Å². The molecule has 0 aromatic heterocycles. The van der Waals surface area contributed by atoms with Crippen molar-refractivity contribution in [3.05, 3.63) is 170 Å². The molecule has 0 heterocycles. The van der Waals surface area contributed by atoms with Gasteiger partial charge < -0.3 is 14.2 Å². The van der Waals surface area contributed by atoms with E-state index in [0.29, 0.717) is 6.42 Å². The molecule has 1 unspecified atom stereocenters. The van der Waals surface area contributed by atoms with Gasteiger partial charge in [-0.3, -0.25) is 14.4 Å². The van der Waals surface area contributed by atoms with Crippen molar-refractivity contribution in [2.45, 2.75) is 155 Å². The summed E-state index contributed by atoms with van der Waals surface area (Å²) >= 11 is 0. The molecule has 0 aliphatic rings. The second kappa shape index (κ2) is 49.4. The van der Waals surface area contributed by atoms with Gasteiger partial charge in [0.05, 0.1) is 6.42 Å². The summed E-state index contributed by atoms with van der Waals surface area (Å²) in [5.74, 6) is -1.17. The van der Waals surface area contributed by atoms with E-state index >= 15 is 0 Å². The number of ether oxygens (including phenoxy) is 3. The van der Waals surface area contributed by atoms with Gasteiger partial charge in [-0.05, 0) is 96.3 Å². The number of unbranched alkanes of at least 4 members (excludes halogenated alkanes) is 6. The molecular formula is C57H82O6. The first-order valence-corrected chi connectivity index (χ1v) is 23.7. The van der Waals surface area contributed by atoms with Crippen LogP contribution >= 0.6 is 0 Å². The maximum atomic E-state index is 12.7. The fraction of sp³-hybridized carbons (Fsp3) is 0.456. The van der Waals surface area contributed by atoms with Crippen molar-refractivity contribution < 1.29 is 28.6 Å². The molecule has 0 aromatic rings. The molecule has 0 fully saturated rings. The highest BCUT2D eigenvalue weighted by Gasteiger charge is 2.19. The van der Waals surface area contributed by atoms with Crippen molar-refractivity contribution in [1.82, 2.24) is 0 Å². The lowest BCUT2D eigenvalue weighted by atomic mass is 10.1. The van der Waals surface area contributed by atoms with Gasteiger partial charge in [0.15, 0.2) is 6.10 Å². The molecule has 0 spiro atoms. The minimum Gasteiger partial charge on any atom is -0.462 e. The summed E-state index contributed by atoms with van der Waals surface area (Å²) in [6.07, 6.45) is 73.7. The number of esters is 3. The minimum atomic E-state index is -0.859. The van der Waals surface area contributed by atoms with E-state index in [2.05, 4.69) is 118 Å². The van der Waals surface area contributed by atoms with Crippen LogP contribution in [-0.4, -0.2) is 37.2 Å². The quantitative estimate of drug-likeness (QED) is 0.0201. The molecule has 0 amide bonds. The number of rotatable bonds is 39. The van der Waals surface area contributed by atoms with Crippen molar-refractivity contribution in [2.24, 2.45) is 0 Å². The number of carbonyl (C=O) groups excluding carboxylic acids is 3. The van der Waals surface area contributed by atoms with E-state index in [9.17, 15) is 14.4 Å². The lowest BCUT2D eigenvalue weighted by Gasteiger charge is -2.18. The van der Waals surface area contributed by atoms with Crippen molar-refractivity contribution >= 4 is 17.9 Å².